The van der Waals surface area contributed by atoms with Crippen LogP contribution in [0.15, 0.2) is 46.9 Å². The predicted octanol–water partition coefficient (Wildman–Crippen LogP) is 3.98. The number of hydrogen-bond acceptors (Lipinski definition) is 3. The van der Waals surface area contributed by atoms with Crippen LogP contribution in [0.3, 0.4) is 0 Å². The minimum atomic E-state index is -0.0367. The normalized spacial score (nSPS) is 10.1. The largest absolute Gasteiger partial charge is 0.398 e. The Kier molecular flexibility index (Phi) is 3.67. The minimum absolute atomic E-state index is 0.0367. The van der Waals surface area contributed by atoms with Crippen molar-refractivity contribution in [3.8, 4) is 0 Å². The third kappa shape index (κ3) is 2.90. The van der Waals surface area contributed by atoms with Crippen LogP contribution in [-0.2, 0) is 0 Å². The monoisotopic (exact) mass is 304 g/mol. The zero-order valence-electron chi connectivity index (χ0n) is 9.91. The summed E-state index contributed by atoms with van der Waals surface area (Å²) in [5.74, 6) is -0.0367. The molecule has 92 valence electrons. The molecule has 0 unspecified atom stereocenters. The third-order valence-corrected chi connectivity index (χ3v) is 3.04. The van der Waals surface area contributed by atoms with E-state index >= 15 is 0 Å². The summed E-state index contributed by atoms with van der Waals surface area (Å²) in [5, 5.41) is 3.23. The van der Waals surface area contributed by atoms with Gasteiger partial charge in [-0.3, -0.25) is 4.79 Å². The van der Waals surface area contributed by atoms with Crippen LogP contribution in [0.5, 0.6) is 0 Å². The second-order valence-corrected chi connectivity index (χ2v) is 4.91. The van der Waals surface area contributed by atoms with Crippen molar-refractivity contribution in [1.82, 2.24) is 0 Å². The summed E-state index contributed by atoms with van der Waals surface area (Å²) in [6.07, 6.45) is 0. The van der Waals surface area contributed by atoms with Gasteiger partial charge in [0.2, 0.25) is 0 Å². The Bertz CT molecular complexity index is 596. The molecule has 0 aromatic heterocycles. The van der Waals surface area contributed by atoms with Gasteiger partial charge in [0.15, 0.2) is 5.78 Å². The molecule has 3 N–H and O–H groups in total. The molecule has 0 saturated heterocycles. The van der Waals surface area contributed by atoms with Crippen LogP contribution in [0.4, 0.5) is 17.1 Å². The average Bonchev–Trinajstić information content (AvgIpc) is 2.31. The molecule has 2 aromatic rings. The van der Waals surface area contributed by atoms with Crippen molar-refractivity contribution >= 4 is 38.8 Å². The zero-order chi connectivity index (χ0) is 13.1. The van der Waals surface area contributed by atoms with Gasteiger partial charge in [0.1, 0.15) is 0 Å². The first-order chi connectivity index (χ1) is 8.56. The lowest BCUT2D eigenvalue weighted by atomic mass is 10.1. The highest BCUT2D eigenvalue weighted by Crippen LogP contribution is 2.23. The molecule has 0 atom stereocenters. The Morgan fingerprint density at radius 2 is 1.89 bits per heavy atom. The molecule has 0 aliphatic heterocycles. The summed E-state index contributed by atoms with van der Waals surface area (Å²) in [7, 11) is 0. The van der Waals surface area contributed by atoms with Crippen molar-refractivity contribution < 1.29 is 4.79 Å². The fourth-order valence-electron chi connectivity index (χ4n) is 1.67. The maximum absolute atomic E-state index is 11.4. The molecule has 0 radical (unpaired) electrons. The Hall–Kier alpha value is -1.81. The SMILES string of the molecule is CC(=O)c1cc(Nc2cccc(Br)c2)ccc1N. The standard InChI is InChI=1S/C14H13BrN2O/c1-9(18)13-8-12(5-6-14(13)16)17-11-4-2-3-10(15)7-11/h2-8,17H,16H2,1H3. The Balaban J connectivity index is 2.30. The van der Waals surface area contributed by atoms with Crippen LogP contribution in [0, 0.1) is 0 Å². The van der Waals surface area contributed by atoms with Crippen molar-refractivity contribution in [1.29, 1.82) is 0 Å². The van der Waals surface area contributed by atoms with Crippen molar-refractivity contribution in [2.75, 3.05) is 11.1 Å². The van der Waals surface area contributed by atoms with Gasteiger partial charge in [-0.2, -0.15) is 0 Å². The fourth-order valence-corrected chi connectivity index (χ4v) is 2.07. The van der Waals surface area contributed by atoms with E-state index in [4.69, 9.17) is 5.73 Å². The number of nitrogens with two attached hydrogens (primary N) is 1. The fraction of sp³-hybridized carbons (Fsp3) is 0.0714. The van der Waals surface area contributed by atoms with Gasteiger partial charge in [0.25, 0.3) is 0 Å². The van der Waals surface area contributed by atoms with E-state index < -0.39 is 0 Å². The van der Waals surface area contributed by atoms with Crippen LogP contribution in [0.2, 0.25) is 0 Å². The molecule has 2 aromatic carbocycles. The number of rotatable bonds is 3. The van der Waals surface area contributed by atoms with Crippen LogP contribution in [0.1, 0.15) is 17.3 Å². The lowest BCUT2D eigenvalue weighted by molar-refractivity contribution is 0.101. The summed E-state index contributed by atoms with van der Waals surface area (Å²) in [6, 6.07) is 13.2. The van der Waals surface area contributed by atoms with E-state index in [1.807, 2.05) is 30.3 Å². The zero-order valence-corrected chi connectivity index (χ0v) is 11.5. The molecule has 0 bridgehead atoms. The van der Waals surface area contributed by atoms with Crippen LogP contribution < -0.4 is 11.1 Å². The highest BCUT2D eigenvalue weighted by molar-refractivity contribution is 9.10. The molecule has 0 fully saturated rings. The van der Waals surface area contributed by atoms with Crippen LogP contribution >= 0.6 is 15.9 Å². The summed E-state index contributed by atoms with van der Waals surface area (Å²) in [5.41, 5.74) is 8.58. The van der Waals surface area contributed by atoms with Gasteiger partial charge in [-0.15, -0.1) is 0 Å². The first-order valence-corrected chi connectivity index (χ1v) is 6.28. The van der Waals surface area contributed by atoms with Gasteiger partial charge >= 0.3 is 0 Å². The highest BCUT2D eigenvalue weighted by Gasteiger charge is 2.06. The van der Waals surface area contributed by atoms with Gasteiger partial charge in [-0.25, -0.2) is 0 Å². The Labute approximate surface area is 114 Å². The lowest BCUT2D eigenvalue weighted by Gasteiger charge is -2.09. The maximum atomic E-state index is 11.4. The second kappa shape index (κ2) is 5.23. The van der Waals surface area contributed by atoms with E-state index in [-0.39, 0.29) is 5.78 Å². The van der Waals surface area contributed by atoms with Gasteiger partial charge in [-0.05, 0) is 43.3 Å². The predicted molar refractivity (Wildman–Crippen MR) is 78.3 cm³/mol. The molecule has 4 heteroatoms. The minimum Gasteiger partial charge on any atom is -0.398 e. The molecule has 18 heavy (non-hydrogen) atoms. The molecule has 0 spiro atoms. The van der Waals surface area contributed by atoms with Crippen molar-refractivity contribution in [2.24, 2.45) is 0 Å². The first kappa shape index (κ1) is 12.6. The number of nitrogens with one attached hydrogen (secondary N) is 1. The van der Waals surface area contributed by atoms with E-state index in [1.54, 1.807) is 12.1 Å². The number of halogens is 1. The highest BCUT2D eigenvalue weighted by atomic mass is 79.9. The number of carbonyl (C=O) groups is 1. The number of anilines is 3. The number of ketones is 1. The summed E-state index contributed by atoms with van der Waals surface area (Å²) < 4.78 is 0.995. The maximum Gasteiger partial charge on any atom is 0.161 e. The van der Waals surface area contributed by atoms with Crippen molar-refractivity contribution in [3.63, 3.8) is 0 Å². The topological polar surface area (TPSA) is 55.1 Å². The first-order valence-electron chi connectivity index (χ1n) is 5.49. The van der Waals surface area contributed by atoms with Crippen molar-refractivity contribution in [2.45, 2.75) is 6.92 Å². The van der Waals surface area contributed by atoms with Crippen molar-refractivity contribution in [3.05, 3.63) is 52.5 Å². The second-order valence-electron chi connectivity index (χ2n) is 3.99. The van der Waals surface area contributed by atoms with Gasteiger partial charge in [0.05, 0.1) is 0 Å². The van der Waals surface area contributed by atoms with Gasteiger partial charge in [-0.1, -0.05) is 22.0 Å². The molecule has 2 rings (SSSR count). The number of carbonyl (C=O) groups excluding carboxylic acids is 1. The van der Waals surface area contributed by atoms with E-state index in [1.165, 1.54) is 6.92 Å². The number of hydrogen-bond donors (Lipinski definition) is 2. The van der Waals surface area contributed by atoms with E-state index in [0.29, 0.717) is 11.3 Å². The molecule has 0 saturated carbocycles. The third-order valence-electron chi connectivity index (χ3n) is 2.55. The lowest BCUT2D eigenvalue weighted by Crippen LogP contribution is -2.01. The molecule has 3 nitrogen and oxygen atoms in total. The number of Topliss-reactive ketones (excluding diaryl/α,β-unsaturated/α-hetero) is 1. The molecule has 0 amide bonds. The number of benzene rings is 2. The smallest absolute Gasteiger partial charge is 0.161 e. The molecule has 0 heterocycles. The molecular formula is C14H13BrN2O. The van der Waals surface area contributed by atoms with E-state index in [0.717, 1.165) is 15.8 Å². The van der Waals surface area contributed by atoms with Crippen LogP contribution in [0.25, 0.3) is 0 Å². The van der Waals surface area contributed by atoms with E-state index in [2.05, 4.69) is 21.2 Å². The molecule has 0 aliphatic rings. The molecule has 0 aliphatic carbocycles. The van der Waals surface area contributed by atoms with Gasteiger partial charge in [0, 0.05) is 27.1 Å². The number of nitrogen functional groups attached to an aromatic ring is 1. The Morgan fingerprint density at radius 1 is 1.17 bits per heavy atom. The van der Waals surface area contributed by atoms with Gasteiger partial charge < -0.3 is 11.1 Å². The summed E-state index contributed by atoms with van der Waals surface area (Å²) in [4.78, 5) is 11.4. The summed E-state index contributed by atoms with van der Waals surface area (Å²) in [6.45, 7) is 1.51. The molecular weight excluding hydrogens is 292 g/mol. The summed E-state index contributed by atoms with van der Waals surface area (Å²) >= 11 is 3.41. The quantitative estimate of drug-likeness (QED) is 0.666. The van der Waals surface area contributed by atoms with Crippen LogP contribution in [-0.4, -0.2) is 5.78 Å². The average molecular weight is 305 g/mol. The Morgan fingerprint density at radius 3 is 2.56 bits per heavy atom. The van der Waals surface area contributed by atoms with E-state index in [9.17, 15) is 4.79 Å².